The highest BCUT2D eigenvalue weighted by Gasteiger charge is 2.16. The maximum atomic E-state index is 11.9. The molecule has 0 atom stereocenters. The van der Waals surface area contributed by atoms with Crippen molar-refractivity contribution < 1.29 is 14.3 Å². The predicted molar refractivity (Wildman–Crippen MR) is 97.9 cm³/mol. The van der Waals surface area contributed by atoms with Crippen LogP contribution in [-0.2, 0) is 11.3 Å². The van der Waals surface area contributed by atoms with Gasteiger partial charge in [0.15, 0.2) is 18.1 Å². The molecular weight excluding hydrogens is 328 g/mol. The fourth-order valence-electron chi connectivity index (χ4n) is 2.08. The van der Waals surface area contributed by atoms with Crippen molar-refractivity contribution in [1.29, 1.82) is 0 Å². The molecule has 0 aromatic heterocycles. The quantitative estimate of drug-likeness (QED) is 0.749. The normalized spacial score (nSPS) is 11.5. The summed E-state index contributed by atoms with van der Waals surface area (Å²) in [4.78, 5) is 11.9. The van der Waals surface area contributed by atoms with E-state index < -0.39 is 0 Å². The minimum atomic E-state index is -0.298. The van der Waals surface area contributed by atoms with E-state index in [0.717, 1.165) is 12.1 Å². The van der Waals surface area contributed by atoms with Crippen LogP contribution < -0.4 is 20.1 Å². The van der Waals surface area contributed by atoms with Crippen molar-refractivity contribution in [3.8, 4) is 11.5 Å². The smallest absolute Gasteiger partial charge is 0.258 e. The molecule has 1 aromatic carbocycles. The number of hydrogen-bond donors (Lipinski definition) is 2. The number of hydrogen-bond acceptors (Lipinski definition) is 4. The second-order valence-corrected chi connectivity index (χ2v) is 7.61. The van der Waals surface area contributed by atoms with Crippen LogP contribution in [-0.4, -0.2) is 31.7 Å². The number of amides is 1. The minimum Gasteiger partial charge on any atom is -0.493 e. The first-order valence-corrected chi connectivity index (χ1v) is 8.51. The zero-order valence-corrected chi connectivity index (χ0v) is 16.2. The molecule has 0 aliphatic carbocycles. The van der Waals surface area contributed by atoms with E-state index in [1.54, 1.807) is 13.2 Å². The number of nitrogens with one attached hydrogen (secondary N) is 2. The number of rotatable bonds is 8. The van der Waals surface area contributed by atoms with Crippen molar-refractivity contribution in [2.45, 2.75) is 46.7 Å². The third-order valence-electron chi connectivity index (χ3n) is 3.07. The monoisotopic (exact) mass is 356 g/mol. The van der Waals surface area contributed by atoms with Crippen LogP contribution in [0.25, 0.3) is 0 Å². The Kier molecular flexibility index (Phi) is 7.84. The summed E-state index contributed by atoms with van der Waals surface area (Å²) < 4.78 is 10.9. The Morgan fingerprint density at radius 1 is 1.25 bits per heavy atom. The topological polar surface area (TPSA) is 59.6 Å². The number of methoxy groups -OCH3 is 1. The summed E-state index contributed by atoms with van der Waals surface area (Å²) in [6.07, 6.45) is 0. The van der Waals surface area contributed by atoms with E-state index in [9.17, 15) is 4.79 Å². The first-order valence-electron chi connectivity index (χ1n) is 8.13. The molecule has 0 heterocycles. The molecule has 2 N–H and O–H groups in total. The van der Waals surface area contributed by atoms with Gasteiger partial charge in [0.1, 0.15) is 0 Å². The molecule has 1 rings (SSSR count). The van der Waals surface area contributed by atoms with E-state index in [1.807, 2.05) is 26.8 Å². The van der Waals surface area contributed by atoms with Gasteiger partial charge in [0.25, 0.3) is 5.91 Å². The fourth-order valence-corrected chi connectivity index (χ4v) is 2.30. The number of carbonyl (C=O) groups excluding carboxylic acids is 1. The number of carbonyl (C=O) groups is 1. The third-order valence-corrected chi connectivity index (χ3v) is 3.43. The average Bonchev–Trinajstić information content (AvgIpc) is 2.44. The van der Waals surface area contributed by atoms with E-state index in [0.29, 0.717) is 29.0 Å². The van der Waals surface area contributed by atoms with Gasteiger partial charge in [0.2, 0.25) is 0 Å². The van der Waals surface area contributed by atoms with Crippen molar-refractivity contribution in [3.05, 3.63) is 22.7 Å². The van der Waals surface area contributed by atoms with Crippen LogP contribution in [0.4, 0.5) is 0 Å². The standard InChI is InChI=1S/C18H29ClN2O3/c1-12(2)9-20-10-13-7-15(23-6)16(8-14(13)19)24-11-17(22)21-18(3,4)5/h7-8,12,20H,9-11H2,1-6H3,(H,21,22). The second-order valence-electron chi connectivity index (χ2n) is 7.21. The van der Waals surface area contributed by atoms with Gasteiger partial charge in [-0.3, -0.25) is 4.79 Å². The summed E-state index contributed by atoms with van der Waals surface area (Å²) in [7, 11) is 1.57. The zero-order chi connectivity index (χ0) is 18.3. The van der Waals surface area contributed by atoms with Crippen LogP contribution in [0, 0.1) is 5.92 Å². The molecule has 0 saturated carbocycles. The van der Waals surface area contributed by atoms with Gasteiger partial charge in [0, 0.05) is 23.2 Å². The SMILES string of the molecule is COc1cc(CNCC(C)C)c(Cl)cc1OCC(=O)NC(C)(C)C. The van der Waals surface area contributed by atoms with Gasteiger partial charge in [0.05, 0.1) is 7.11 Å². The Morgan fingerprint density at radius 2 is 1.92 bits per heavy atom. The zero-order valence-electron chi connectivity index (χ0n) is 15.5. The van der Waals surface area contributed by atoms with Gasteiger partial charge in [-0.2, -0.15) is 0 Å². The Balaban J connectivity index is 2.74. The summed E-state index contributed by atoms with van der Waals surface area (Å²) in [5.41, 5.74) is 0.634. The summed E-state index contributed by atoms with van der Waals surface area (Å²) >= 11 is 6.32. The highest BCUT2D eigenvalue weighted by molar-refractivity contribution is 6.31. The van der Waals surface area contributed by atoms with Crippen molar-refractivity contribution >= 4 is 17.5 Å². The summed E-state index contributed by atoms with van der Waals surface area (Å²) in [6, 6.07) is 3.53. The van der Waals surface area contributed by atoms with E-state index in [2.05, 4.69) is 24.5 Å². The molecule has 1 aromatic rings. The third kappa shape index (κ3) is 7.41. The van der Waals surface area contributed by atoms with Crippen LogP contribution in [0.15, 0.2) is 12.1 Å². The maximum Gasteiger partial charge on any atom is 0.258 e. The molecule has 0 saturated heterocycles. The van der Waals surface area contributed by atoms with Gasteiger partial charge < -0.3 is 20.1 Å². The molecule has 5 nitrogen and oxygen atoms in total. The van der Waals surface area contributed by atoms with Crippen molar-refractivity contribution in [2.75, 3.05) is 20.3 Å². The van der Waals surface area contributed by atoms with Crippen molar-refractivity contribution in [3.63, 3.8) is 0 Å². The molecule has 0 unspecified atom stereocenters. The fraction of sp³-hybridized carbons (Fsp3) is 0.611. The van der Waals surface area contributed by atoms with Crippen LogP contribution in [0.2, 0.25) is 5.02 Å². The predicted octanol–water partition coefficient (Wildman–Crippen LogP) is 3.39. The Hall–Kier alpha value is -1.46. The lowest BCUT2D eigenvalue weighted by Crippen LogP contribution is -2.43. The molecule has 24 heavy (non-hydrogen) atoms. The molecule has 0 spiro atoms. The largest absolute Gasteiger partial charge is 0.493 e. The van der Waals surface area contributed by atoms with E-state index in [-0.39, 0.29) is 18.1 Å². The number of benzene rings is 1. The summed E-state index contributed by atoms with van der Waals surface area (Å²) in [6.45, 7) is 11.5. The molecule has 1 amide bonds. The van der Waals surface area contributed by atoms with Gasteiger partial charge >= 0.3 is 0 Å². The van der Waals surface area contributed by atoms with Crippen LogP contribution in [0.3, 0.4) is 0 Å². The van der Waals surface area contributed by atoms with E-state index in [4.69, 9.17) is 21.1 Å². The van der Waals surface area contributed by atoms with Crippen molar-refractivity contribution in [1.82, 2.24) is 10.6 Å². The Labute approximate surface area is 150 Å². The van der Waals surface area contributed by atoms with Gasteiger partial charge in [-0.05, 0) is 44.9 Å². The molecule has 6 heteroatoms. The molecule has 0 aliphatic rings. The van der Waals surface area contributed by atoms with Gasteiger partial charge in [-0.1, -0.05) is 25.4 Å². The lowest BCUT2D eigenvalue weighted by atomic mass is 10.1. The van der Waals surface area contributed by atoms with E-state index in [1.165, 1.54) is 0 Å². The lowest BCUT2D eigenvalue weighted by Gasteiger charge is -2.21. The maximum absolute atomic E-state index is 11.9. The lowest BCUT2D eigenvalue weighted by molar-refractivity contribution is -0.124. The molecule has 0 aliphatic heterocycles. The molecule has 136 valence electrons. The Bertz CT molecular complexity index is 554. The highest BCUT2D eigenvalue weighted by Crippen LogP contribution is 2.33. The number of ether oxygens (including phenoxy) is 2. The number of halogens is 1. The average molecular weight is 357 g/mol. The summed E-state index contributed by atoms with van der Waals surface area (Å²) in [5.74, 6) is 1.39. The van der Waals surface area contributed by atoms with Crippen molar-refractivity contribution in [2.24, 2.45) is 5.92 Å². The molecular formula is C18H29ClN2O3. The first-order chi connectivity index (χ1) is 11.1. The minimum absolute atomic E-state index is 0.0884. The molecule has 0 fully saturated rings. The second kappa shape index (κ2) is 9.14. The summed E-state index contributed by atoms with van der Waals surface area (Å²) in [5, 5.41) is 6.77. The molecule has 0 radical (unpaired) electrons. The highest BCUT2D eigenvalue weighted by atomic mass is 35.5. The van der Waals surface area contributed by atoms with Crippen LogP contribution in [0.1, 0.15) is 40.2 Å². The van der Waals surface area contributed by atoms with Gasteiger partial charge in [-0.15, -0.1) is 0 Å². The van der Waals surface area contributed by atoms with E-state index >= 15 is 0 Å². The Morgan fingerprint density at radius 3 is 2.46 bits per heavy atom. The van der Waals surface area contributed by atoms with Crippen LogP contribution in [0.5, 0.6) is 11.5 Å². The molecule has 0 bridgehead atoms. The first kappa shape index (κ1) is 20.6. The van der Waals surface area contributed by atoms with Gasteiger partial charge in [-0.25, -0.2) is 0 Å². The van der Waals surface area contributed by atoms with Crippen LogP contribution >= 0.6 is 11.6 Å².